The van der Waals surface area contributed by atoms with Gasteiger partial charge in [-0.05, 0) is 24.6 Å². The average molecular weight is 242 g/mol. The van der Waals surface area contributed by atoms with Gasteiger partial charge in [0.2, 0.25) is 6.08 Å². The summed E-state index contributed by atoms with van der Waals surface area (Å²) < 4.78 is 0.860. The molecule has 13 heavy (non-hydrogen) atoms. The molecule has 0 saturated carbocycles. The van der Waals surface area contributed by atoms with Crippen LogP contribution in [0.1, 0.15) is 11.1 Å². The SMILES string of the molecule is Cc1cc(Br)cc(CN=C=O)c1O. The van der Waals surface area contributed by atoms with Gasteiger partial charge < -0.3 is 5.11 Å². The minimum atomic E-state index is 0.162. The van der Waals surface area contributed by atoms with E-state index in [4.69, 9.17) is 0 Å². The van der Waals surface area contributed by atoms with Gasteiger partial charge >= 0.3 is 0 Å². The van der Waals surface area contributed by atoms with Gasteiger partial charge in [-0.3, -0.25) is 0 Å². The average Bonchev–Trinajstić information content (AvgIpc) is 2.09. The summed E-state index contributed by atoms with van der Waals surface area (Å²) in [6.45, 7) is 1.95. The summed E-state index contributed by atoms with van der Waals surface area (Å²) >= 11 is 3.29. The standard InChI is InChI=1S/C9H8BrNO2/c1-6-2-8(10)3-7(9(6)13)4-11-5-12/h2-3,13H,4H2,1H3. The highest BCUT2D eigenvalue weighted by Gasteiger charge is 2.04. The van der Waals surface area contributed by atoms with Gasteiger partial charge in [0.1, 0.15) is 5.75 Å². The number of isocyanates is 1. The fourth-order valence-electron chi connectivity index (χ4n) is 1.04. The summed E-state index contributed by atoms with van der Waals surface area (Å²) in [5, 5.41) is 9.54. The Balaban J connectivity index is 3.12. The third-order valence-electron chi connectivity index (χ3n) is 1.66. The Labute approximate surface area is 84.2 Å². The number of phenolic OH excluding ortho intramolecular Hbond substituents is 1. The predicted molar refractivity (Wildman–Crippen MR) is 52.4 cm³/mol. The summed E-state index contributed by atoms with van der Waals surface area (Å²) in [5.41, 5.74) is 1.38. The number of phenols is 1. The summed E-state index contributed by atoms with van der Waals surface area (Å²) in [7, 11) is 0. The minimum Gasteiger partial charge on any atom is -0.507 e. The van der Waals surface area contributed by atoms with E-state index in [-0.39, 0.29) is 12.3 Å². The summed E-state index contributed by atoms with van der Waals surface area (Å²) in [4.78, 5) is 13.3. The first-order valence-electron chi connectivity index (χ1n) is 3.66. The Morgan fingerprint density at radius 3 is 2.92 bits per heavy atom. The molecule has 1 N–H and O–H groups in total. The third kappa shape index (κ3) is 2.41. The van der Waals surface area contributed by atoms with Crippen LogP contribution in [-0.2, 0) is 11.3 Å². The number of nitrogens with zero attached hydrogens (tertiary/aromatic N) is 1. The second-order valence-electron chi connectivity index (χ2n) is 2.64. The number of rotatable bonds is 2. The van der Waals surface area contributed by atoms with E-state index in [1.54, 1.807) is 19.1 Å². The molecular weight excluding hydrogens is 234 g/mol. The van der Waals surface area contributed by atoms with Gasteiger partial charge in [-0.1, -0.05) is 15.9 Å². The Morgan fingerprint density at radius 2 is 2.31 bits per heavy atom. The first-order chi connectivity index (χ1) is 6.15. The van der Waals surface area contributed by atoms with Crippen LogP contribution < -0.4 is 0 Å². The molecule has 0 unspecified atom stereocenters. The number of hydrogen-bond donors (Lipinski definition) is 1. The predicted octanol–water partition coefficient (Wildman–Crippen LogP) is 2.30. The molecule has 0 aliphatic rings. The van der Waals surface area contributed by atoms with Gasteiger partial charge in [0.25, 0.3) is 0 Å². The zero-order valence-corrected chi connectivity index (χ0v) is 8.63. The lowest BCUT2D eigenvalue weighted by Gasteiger charge is -2.04. The first-order valence-corrected chi connectivity index (χ1v) is 4.46. The third-order valence-corrected chi connectivity index (χ3v) is 2.12. The number of halogens is 1. The van der Waals surface area contributed by atoms with Gasteiger partial charge in [0.05, 0.1) is 6.54 Å². The first kappa shape index (κ1) is 9.96. The van der Waals surface area contributed by atoms with E-state index in [2.05, 4.69) is 20.9 Å². The molecule has 1 aromatic carbocycles. The van der Waals surface area contributed by atoms with Crippen molar-refractivity contribution < 1.29 is 9.90 Å². The normalized spacial score (nSPS) is 9.38. The fraction of sp³-hybridized carbons (Fsp3) is 0.222. The number of benzene rings is 1. The quantitative estimate of drug-likeness (QED) is 0.638. The highest BCUT2D eigenvalue weighted by Crippen LogP contribution is 2.26. The maximum atomic E-state index is 9.87. The molecule has 1 aromatic rings. The second-order valence-corrected chi connectivity index (χ2v) is 3.55. The van der Waals surface area contributed by atoms with Crippen molar-refractivity contribution in [2.45, 2.75) is 13.5 Å². The van der Waals surface area contributed by atoms with E-state index in [1.165, 1.54) is 6.08 Å². The van der Waals surface area contributed by atoms with Crippen molar-refractivity contribution in [1.29, 1.82) is 0 Å². The number of aromatic hydroxyl groups is 1. The van der Waals surface area contributed by atoms with Crippen molar-refractivity contribution >= 4 is 22.0 Å². The molecule has 0 aliphatic carbocycles. The molecule has 0 fully saturated rings. The highest BCUT2D eigenvalue weighted by atomic mass is 79.9. The lowest BCUT2D eigenvalue weighted by molar-refractivity contribution is 0.464. The van der Waals surface area contributed by atoms with Crippen molar-refractivity contribution in [2.75, 3.05) is 0 Å². The second kappa shape index (κ2) is 4.21. The fourth-order valence-corrected chi connectivity index (χ4v) is 1.66. The van der Waals surface area contributed by atoms with E-state index < -0.39 is 0 Å². The van der Waals surface area contributed by atoms with E-state index in [0.717, 1.165) is 10.0 Å². The molecule has 3 nitrogen and oxygen atoms in total. The maximum absolute atomic E-state index is 9.87. The van der Waals surface area contributed by atoms with Crippen molar-refractivity contribution in [3.05, 3.63) is 27.7 Å². The molecule has 0 amide bonds. The van der Waals surface area contributed by atoms with Crippen LogP contribution in [0.15, 0.2) is 21.6 Å². The zero-order chi connectivity index (χ0) is 9.84. The van der Waals surface area contributed by atoms with E-state index >= 15 is 0 Å². The molecule has 0 radical (unpaired) electrons. The Morgan fingerprint density at radius 1 is 1.62 bits per heavy atom. The Kier molecular flexibility index (Phi) is 3.23. The smallest absolute Gasteiger partial charge is 0.235 e. The topological polar surface area (TPSA) is 49.7 Å². The van der Waals surface area contributed by atoms with Crippen molar-refractivity contribution in [3.8, 4) is 5.75 Å². The van der Waals surface area contributed by atoms with Crippen LogP contribution in [0.5, 0.6) is 5.75 Å². The molecule has 68 valence electrons. The van der Waals surface area contributed by atoms with Gasteiger partial charge in [0.15, 0.2) is 0 Å². The van der Waals surface area contributed by atoms with Crippen LogP contribution >= 0.6 is 15.9 Å². The number of hydrogen-bond acceptors (Lipinski definition) is 3. The summed E-state index contributed by atoms with van der Waals surface area (Å²) in [5.74, 6) is 0.183. The van der Waals surface area contributed by atoms with E-state index in [1.807, 2.05) is 0 Å². The van der Waals surface area contributed by atoms with Crippen LogP contribution in [0, 0.1) is 6.92 Å². The molecular formula is C9H8BrNO2. The summed E-state index contributed by atoms with van der Waals surface area (Å²) in [6.07, 6.45) is 1.43. The minimum absolute atomic E-state index is 0.162. The van der Waals surface area contributed by atoms with Crippen LogP contribution in [0.3, 0.4) is 0 Å². The van der Waals surface area contributed by atoms with Crippen LogP contribution in [-0.4, -0.2) is 11.2 Å². The molecule has 0 bridgehead atoms. The van der Waals surface area contributed by atoms with Gasteiger partial charge in [-0.25, -0.2) is 9.79 Å². The van der Waals surface area contributed by atoms with E-state index in [0.29, 0.717) is 5.56 Å². The zero-order valence-electron chi connectivity index (χ0n) is 7.04. The number of carbonyl (C=O) groups excluding carboxylic acids is 1. The molecule has 0 spiro atoms. The molecule has 0 saturated heterocycles. The van der Waals surface area contributed by atoms with Crippen molar-refractivity contribution in [1.82, 2.24) is 0 Å². The van der Waals surface area contributed by atoms with Crippen LogP contribution in [0.4, 0.5) is 0 Å². The monoisotopic (exact) mass is 241 g/mol. The van der Waals surface area contributed by atoms with Gasteiger partial charge in [-0.15, -0.1) is 0 Å². The Hall–Kier alpha value is -1.12. The molecule has 1 rings (SSSR count). The molecule has 4 heteroatoms. The van der Waals surface area contributed by atoms with Crippen molar-refractivity contribution in [3.63, 3.8) is 0 Å². The largest absolute Gasteiger partial charge is 0.507 e. The number of aryl methyl sites for hydroxylation is 1. The Bertz CT molecular complexity index is 370. The van der Waals surface area contributed by atoms with Crippen LogP contribution in [0.2, 0.25) is 0 Å². The summed E-state index contributed by atoms with van der Waals surface area (Å²) in [6, 6.07) is 3.52. The van der Waals surface area contributed by atoms with Gasteiger partial charge in [-0.2, -0.15) is 0 Å². The molecule has 0 heterocycles. The lowest BCUT2D eigenvalue weighted by atomic mass is 10.1. The highest BCUT2D eigenvalue weighted by molar-refractivity contribution is 9.10. The van der Waals surface area contributed by atoms with Crippen LogP contribution in [0.25, 0.3) is 0 Å². The maximum Gasteiger partial charge on any atom is 0.235 e. The molecule has 0 aromatic heterocycles. The van der Waals surface area contributed by atoms with Crippen molar-refractivity contribution in [2.24, 2.45) is 4.99 Å². The lowest BCUT2D eigenvalue weighted by Crippen LogP contribution is -1.86. The molecule has 0 atom stereocenters. The van der Waals surface area contributed by atoms with E-state index in [9.17, 15) is 9.90 Å². The van der Waals surface area contributed by atoms with Gasteiger partial charge in [0, 0.05) is 10.0 Å². The molecule has 0 aliphatic heterocycles. The number of aliphatic imine (C=N–C) groups is 1.